The Labute approximate surface area is 222 Å². The van der Waals surface area contributed by atoms with Gasteiger partial charge in [0.15, 0.2) is 16.5 Å². The molecular weight excluding hydrogens is 544 g/mol. The predicted octanol–water partition coefficient (Wildman–Crippen LogP) is -0.651. The highest BCUT2D eigenvalue weighted by Crippen LogP contribution is 2.47. The van der Waals surface area contributed by atoms with Crippen LogP contribution >= 0.6 is 35.5 Å². The highest BCUT2D eigenvalue weighted by molar-refractivity contribution is 8.00. The number of nitrogens with one attached hydrogen (secondary N) is 1. The molecule has 5 rings (SSSR count). The lowest BCUT2D eigenvalue weighted by Gasteiger charge is -2.55. The van der Waals surface area contributed by atoms with Gasteiger partial charge in [0.2, 0.25) is 11.5 Å². The number of hydrogen-bond acceptors (Lipinski definition) is 14. The number of aromatic nitrogens is 6. The van der Waals surface area contributed by atoms with Crippen LogP contribution in [-0.2, 0) is 26.3 Å². The Kier molecular flexibility index (Phi) is 6.46. The number of hydrogen-bond donors (Lipinski definition) is 3. The maximum absolute atomic E-state index is 13.4. The van der Waals surface area contributed by atoms with Gasteiger partial charge in [-0.25, -0.2) is 9.48 Å². The highest BCUT2D eigenvalue weighted by atomic mass is 32.2. The minimum Gasteiger partial charge on any atom is -0.477 e. The lowest BCUT2D eigenvalue weighted by molar-refractivity contribution is -0.153. The highest BCUT2D eigenvalue weighted by Gasteiger charge is 2.65. The number of tetrazole rings is 1. The molecule has 0 bridgehead atoms. The SMILES string of the molecule is Cn1nnnc1C1=C(C(=O)O)N2C(=O)C(C=S)(NC(=O)C(=NOC3C=CCC3)c3nsc(N)n3)[C@@H]2SC1. The number of carboxylic acid groups (broad SMARTS) is 1. The maximum Gasteiger partial charge on any atom is 0.353 e. The third kappa shape index (κ3) is 4.15. The van der Waals surface area contributed by atoms with E-state index in [4.69, 9.17) is 22.8 Å². The number of aliphatic carboxylic acids is 1. The van der Waals surface area contributed by atoms with E-state index in [1.165, 1.54) is 16.4 Å². The number of allylic oxidation sites excluding steroid dienone is 1. The number of anilines is 1. The van der Waals surface area contributed by atoms with Gasteiger partial charge in [0, 0.05) is 35.3 Å². The molecule has 192 valence electrons. The van der Waals surface area contributed by atoms with Gasteiger partial charge in [-0.15, -0.1) is 16.9 Å². The van der Waals surface area contributed by atoms with Crippen LogP contribution in [0.15, 0.2) is 23.0 Å². The fourth-order valence-corrected chi connectivity index (χ4v) is 6.31. The third-order valence-electron chi connectivity index (χ3n) is 5.82. The molecule has 4 heterocycles. The van der Waals surface area contributed by atoms with Crippen LogP contribution in [0.1, 0.15) is 24.5 Å². The molecule has 3 aliphatic rings. The number of aryl methyl sites for hydroxylation is 1. The molecule has 2 aromatic heterocycles. The smallest absolute Gasteiger partial charge is 0.353 e. The van der Waals surface area contributed by atoms with E-state index >= 15 is 0 Å². The Bertz CT molecular complexity index is 1400. The first kappa shape index (κ1) is 24.9. The summed E-state index contributed by atoms with van der Waals surface area (Å²) in [7, 11) is 1.56. The third-order valence-corrected chi connectivity index (χ3v) is 8.09. The van der Waals surface area contributed by atoms with Crippen molar-refractivity contribution >= 4 is 75.1 Å². The van der Waals surface area contributed by atoms with Gasteiger partial charge in [-0.1, -0.05) is 23.4 Å². The molecule has 18 heteroatoms. The number of thiocarbonyl (C=S) groups is 1. The summed E-state index contributed by atoms with van der Waals surface area (Å²) in [6.45, 7) is 0. The summed E-state index contributed by atoms with van der Waals surface area (Å²) < 4.78 is 5.35. The molecule has 2 unspecified atom stereocenters. The normalized spacial score (nSPS) is 25.1. The number of nitrogens with zero attached hydrogens (tertiary/aromatic N) is 8. The Morgan fingerprint density at radius 1 is 1.46 bits per heavy atom. The van der Waals surface area contributed by atoms with Gasteiger partial charge >= 0.3 is 5.97 Å². The van der Waals surface area contributed by atoms with Crippen molar-refractivity contribution in [3.05, 3.63) is 29.5 Å². The quantitative estimate of drug-likeness (QED) is 0.120. The molecule has 2 aromatic rings. The zero-order valence-corrected chi connectivity index (χ0v) is 21.4. The average Bonchev–Trinajstić information content (AvgIpc) is 3.64. The molecule has 1 aliphatic carbocycles. The summed E-state index contributed by atoms with van der Waals surface area (Å²) in [6, 6.07) is 0. The van der Waals surface area contributed by atoms with E-state index < -0.39 is 28.7 Å². The molecular formula is C19H18N10O5S3. The molecule has 2 amide bonds. The van der Waals surface area contributed by atoms with Crippen molar-refractivity contribution in [3.8, 4) is 0 Å². The van der Waals surface area contributed by atoms with Crippen molar-refractivity contribution in [2.24, 2.45) is 12.2 Å². The summed E-state index contributed by atoms with van der Waals surface area (Å²) in [5, 5.41) is 28.1. The van der Waals surface area contributed by atoms with Gasteiger partial charge < -0.3 is 21.0 Å². The second-order valence-electron chi connectivity index (χ2n) is 8.08. The number of carboxylic acids is 1. The van der Waals surface area contributed by atoms with Crippen LogP contribution in [0.5, 0.6) is 0 Å². The number of nitrogen functional groups attached to an aromatic ring is 1. The summed E-state index contributed by atoms with van der Waals surface area (Å²) in [6.07, 6.45) is 4.92. The van der Waals surface area contributed by atoms with Crippen molar-refractivity contribution in [1.82, 2.24) is 39.8 Å². The van der Waals surface area contributed by atoms with Gasteiger partial charge in [0.25, 0.3) is 11.8 Å². The molecule has 0 saturated carbocycles. The van der Waals surface area contributed by atoms with Crippen molar-refractivity contribution < 1.29 is 24.3 Å². The molecule has 0 spiro atoms. The summed E-state index contributed by atoms with van der Waals surface area (Å²) in [5.41, 5.74) is 3.67. The zero-order valence-electron chi connectivity index (χ0n) is 19.0. The Balaban J connectivity index is 1.45. The standard InChI is InChI=1S/C19H18N10O5S3/c1-28-13(23-26-27-28)9-6-36-17-19(7-35,16(33)29(17)11(9)15(31)32)22-14(30)10(12-21-18(20)37-25-12)24-34-8-4-2-3-5-8/h2,4,7-8,17H,3,5-6H2,1H3,(H,22,30)(H,31,32)(H2,20,21,25)/t8?,17-,19?/m0/s1. The average molecular weight is 563 g/mol. The van der Waals surface area contributed by atoms with E-state index in [0.29, 0.717) is 6.42 Å². The number of carbonyl (C=O) groups excluding carboxylic acids is 2. The van der Waals surface area contributed by atoms with Crippen LogP contribution in [0.2, 0.25) is 0 Å². The molecule has 2 aliphatic heterocycles. The first-order chi connectivity index (χ1) is 17.8. The Hall–Kier alpha value is -3.77. The largest absolute Gasteiger partial charge is 0.477 e. The number of amides is 2. The second-order valence-corrected chi connectivity index (χ2v) is 10.2. The number of β-lactam (4-membered cyclic amide) rings is 1. The minimum absolute atomic E-state index is 0.0791. The predicted molar refractivity (Wildman–Crippen MR) is 135 cm³/mol. The monoisotopic (exact) mass is 562 g/mol. The van der Waals surface area contributed by atoms with E-state index in [9.17, 15) is 19.5 Å². The summed E-state index contributed by atoms with van der Waals surface area (Å²) >= 11 is 7.23. The Morgan fingerprint density at radius 3 is 2.86 bits per heavy atom. The number of rotatable bonds is 8. The van der Waals surface area contributed by atoms with Crippen LogP contribution < -0.4 is 11.1 Å². The number of fused-ring (bicyclic) bond motifs is 1. The first-order valence-electron chi connectivity index (χ1n) is 10.7. The van der Waals surface area contributed by atoms with Gasteiger partial charge in [-0.2, -0.15) is 9.36 Å². The van der Waals surface area contributed by atoms with Gasteiger partial charge in [-0.3, -0.25) is 14.5 Å². The Morgan fingerprint density at radius 2 is 2.27 bits per heavy atom. The van der Waals surface area contributed by atoms with E-state index in [1.54, 1.807) is 7.05 Å². The van der Waals surface area contributed by atoms with Crippen LogP contribution in [-0.4, -0.2) is 91.2 Å². The summed E-state index contributed by atoms with van der Waals surface area (Å²) in [5.74, 6) is -2.64. The lowest BCUT2D eigenvalue weighted by atomic mass is 9.87. The molecule has 15 nitrogen and oxygen atoms in total. The van der Waals surface area contributed by atoms with Crippen LogP contribution in [0.4, 0.5) is 5.13 Å². The molecule has 37 heavy (non-hydrogen) atoms. The minimum atomic E-state index is -1.70. The number of carbonyl (C=O) groups is 3. The van der Waals surface area contributed by atoms with Crippen molar-refractivity contribution in [3.63, 3.8) is 0 Å². The van der Waals surface area contributed by atoms with Crippen LogP contribution in [0.25, 0.3) is 5.57 Å². The maximum atomic E-state index is 13.4. The topological polar surface area (TPSA) is 204 Å². The molecule has 0 aromatic carbocycles. The van der Waals surface area contributed by atoms with E-state index in [1.807, 2.05) is 12.2 Å². The van der Waals surface area contributed by atoms with E-state index in [-0.39, 0.29) is 45.6 Å². The molecule has 1 fully saturated rings. The second kappa shape index (κ2) is 9.60. The fraction of sp³-hybridized carbons (Fsp3) is 0.368. The van der Waals surface area contributed by atoms with Crippen molar-refractivity contribution in [1.29, 1.82) is 0 Å². The van der Waals surface area contributed by atoms with E-state index in [0.717, 1.165) is 28.2 Å². The van der Waals surface area contributed by atoms with Gasteiger partial charge in [0.1, 0.15) is 17.2 Å². The van der Waals surface area contributed by atoms with Gasteiger partial charge in [-0.05, 0) is 29.3 Å². The zero-order chi connectivity index (χ0) is 26.3. The van der Waals surface area contributed by atoms with Gasteiger partial charge in [0.05, 0.1) is 0 Å². The van der Waals surface area contributed by atoms with Crippen LogP contribution in [0.3, 0.4) is 0 Å². The molecule has 0 radical (unpaired) electrons. The lowest BCUT2D eigenvalue weighted by Crippen LogP contribution is -2.80. The molecule has 4 N–H and O–H groups in total. The van der Waals surface area contributed by atoms with Crippen molar-refractivity contribution in [2.45, 2.75) is 29.9 Å². The number of nitrogens with two attached hydrogens (primary N) is 1. The first-order valence-corrected chi connectivity index (χ1v) is 13.0. The molecule has 1 saturated heterocycles. The fourth-order valence-electron chi connectivity index (χ4n) is 4.07. The van der Waals surface area contributed by atoms with Crippen LogP contribution in [0, 0.1) is 0 Å². The number of thioether (sulfide) groups is 1. The molecule has 3 atom stereocenters. The number of oxime groups is 1. The van der Waals surface area contributed by atoms with E-state index in [2.05, 4.69) is 35.4 Å². The van der Waals surface area contributed by atoms with Crippen molar-refractivity contribution in [2.75, 3.05) is 11.5 Å². The summed E-state index contributed by atoms with van der Waals surface area (Å²) in [4.78, 5) is 49.6.